The molecule has 9 nitrogen and oxygen atoms in total. The number of amides is 1. The first kappa shape index (κ1) is 36.3. The summed E-state index contributed by atoms with van der Waals surface area (Å²) in [6.07, 6.45) is 13.5. The van der Waals surface area contributed by atoms with Crippen molar-refractivity contribution >= 4 is 23.3 Å². The van der Waals surface area contributed by atoms with Crippen molar-refractivity contribution in [2.24, 2.45) is 0 Å². The van der Waals surface area contributed by atoms with Gasteiger partial charge in [-0.1, -0.05) is 36.8 Å². The summed E-state index contributed by atoms with van der Waals surface area (Å²) in [5.41, 5.74) is 11.3. The van der Waals surface area contributed by atoms with E-state index in [1.54, 1.807) is 0 Å². The summed E-state index contributed by atoms with van der Waals surface area (Å²) in [5, 5.41) is 13.0. The summed E-state index contributed by atoms with van der Waals surface area (Å²) in [5.74, 6) is -0.0775. The van der Waals surface area contributed by atoms with E-state index >= 15 is 0 Å². The van der Waals surface area contributed by atoms with E-state index in [2.05, 4.69) is 44.1 Å². The number of aromatic nitrogens is 2. The van der Waals surface area contributed by atoms with Gasteiger partial charge in [-0.25, -0.2) is 0 Å². The average molecular weight is 726 g/mol. The molecule has 4 aliphatic rings. The number of ketones is 1. The van der Waals surface area contributed by atoms with Crippen molar-refractivity contribution in [3.63, 3.8) is 0 Å². The SMILES string of the molecule is Cc1c(CC(=O)c2cc(C3CC3)c(CN3CCCC[C@H]3C(=O)O)cn2)cccc1-c1cccc(NC(=O)c2cc(C3CC3)c(CN3CCCC3)cn2)c1C. The van der Waals surface area contributed by atoms with Crippen molar-refractivity contribution in [1.29, 1.82) is 0 Å². The van der Waals surface area contributed by atoms with Gasteiger partial charge in [0.1, 0.15) is 17.4 Å². The van der Waals surface area contributed by atoms with Crippen molar-refractivity contribution in [2.75, 3.05) is 25.0 Å². The first-order valence-electron chi connectivity index (χ1n) is 19.9. The van der Waals surface area contributed by atoms with Crippen LogP contribution in [0.3, 0.4) is 0 Å². The maximum atomic E-state index is 13.8. The molecule has 2 saturated carbocycles. The van der Waals surface area contributed by atoms with Gasteiger partial charge in [0.15, 0.2) is 5.78 Å². The van der Waals surface area contributed by atoms with E-state index in [4.69, 9.17) is 0 Å². The van der Waals surface area contributed by atoms with Gasteiger partial charge in [0, 0.05) is 37.6 Å². The number of rotatable bonds is 13. The summed E-state index contributed by atoms with van der Waals surface area (Å²) in [6, 6.07) is 15.5. The van der Waals surface area contributed by atoms with Crippen LogP contribution in [0.1, 0.15) is 130 Å². The number of hydrogen-bond acceptors (Lipinski definition) is 7. The zero-order chi connectivity index (χ0) is 37.3. The van der Waals surface area contributed by atoms with Gasteiger partial charge in [-0.3, -0.25) is 34.2 Å². The van der Waals surface area contributed by atoms with Crippen LogP contribution in [0, 0.1) is 13.8 Å². The van der Waals surface area contributed by atoms with Crippen LogP contribution in [0.5, 0.6) is 0 Å². The Bertz CT molecular complexity index is 2080. The van der Waals surface area contributed by atoms with Crippen LogP contribution in [0.25, 0.3) is 11.1 Å². The van der Waals surface area contributed by atoms with Crippen LogP contribution in [0.2, 0.25) is 0 Å². The first-order chi connectivity index (χ1) is 26.2. The number of carbonyl (C=O) groups is 3. The minimum atomic E-state index is -0.764. The molecule has 2 aliphatic carbocycles. The second-order valence-electron chi connectivity index (χ2n) is 16.0. The molecule has 4 aromatic rings. The third-order valence-electron chi connectivity index (χ3n) is 12.1. The van der Waals surface area contributed by atoms with Crippen LogP contribution in [-0.2, 0) is 24.3 Å². The van der Waals surface area contributed by atoms with E-state index < -0.39 is 12.0 Å². The monoisotopic (exact) mass is 725 g/mol. The molecule has 2 aromatic carbocycles. The molecule has 0 bridgehead atoms. The number of carboxylic acid groups (broad SMARTS) is 1. The lowest BCUT2D eigenvalue weighted by atomic mass is 9.90. The van der Waals surface area contributed by atoms with Gasteiger partial charge in [-0.05, 0) is 165 Å². The Morgan fingerprint density at radius 2 is 1.33 bits per heavy atom. The zero-order valence-electron chi connectivity index (χ0n) is 31.6. The minimum Gasteiger partial charge on any atom is -0.480 e. The maximum absolute atomic E-state index is 13.8. The smallest absolute Gasteiger partial charge is 0.320 e. The summed E-state index contributed by atoms with van der Waals surface area (Å²) < 4.78 is 0. The fourth-order valence-electron chi connectivity index (χ4n) is 8.63. The van der Waals surface area contributed by atoms with E-state index in [9.17, 15) is 19.5 Å². The molecule has 2 N–H and O–H groups in total. The number of anilines is 1. The Labute approximate surface area is 318 Å². The lowest BCUT2D eigenvalue weighted by Crippen LogP contribution is -2.44. The number of hydrogen-bond donors (Lipinski definition) is 2. The normalized spacial score (nSPS) is 19.2. The van der Waals surface area contributed by atoms with Gasteiger partial charge in [-0.15, -0.1) is 0 Å². The highest BCUT2D eigenvalue weighted by molar-refractivity contribution is 6.04. The van der Waals surface area contributed by atoms with Crippen molar-refractivity contribution in [1.82, 2.24) is 19.8 Å². The second kappa shape index (κ2) is 15.6. The number of nitrogens with zero attached hydrogens (tertiary/aromatic N) is 4. The molecule has 1 atom stereocenters. The van der Waals surface area contributed by atoms with Crippen LogP contribution in [0.15, 0.2) is 60.9 Å². The zero-order valence-corrected chi connectivity index (χ0v) is 31.6. The molecular weight excluding hydrogens is 675 g/mol. The number of carboxylic acids is 1. The van der Waals surface area contributed by atoms with Gasteiger partial charge in [-0.2, -0.15) is 0 Å². The third-order valence-corrected chi connectivity index (χ3v) is 12.1. The molecule has 2 saturated heterocycles. The number of aliphatic carboxylic acids is 1. The summed E-state index contributed by atoms with van der Waals surface area (Å²) in [7, 11) is 0. The van der Waals surface area contributed by atoms with Crippen LogP contribution < -0.4 is 5.32 Å². The molecule has 0 radical (unpaired) electrons. The van der Waals surface area contributed by atoms with Crippen LogP contribution >= 0.6 is 0 Å². The number of pyridine rings is 2. The first-order valence-corrected chi connectivity index (χ1v) is 19.9. The van der Waals surface area contributed by atoms with Gasteiger partial charge < -0.3 is 10.4 Å². The van der Waals surface area contributed by atoms with E-state index in [0.717, 1.165) is 96.5 Å². The molecule has 9 heteroatoms. The summed E-state index contributed by atoms with van der Waals surface area (Å²) >= 11 is 0. The number of likely N-dealkylation sites (tertiary alicyclic amines) is 2. The molecule has 4 heterocycles. The van der Waals surface area contributed by atoms with E-state index in [1.807, 2.05) is 55.7 Å². The molecule has 4 fully saturated rings. The maximum Gasteiger partial charge on any atom is 0.320 e. The quantitative estimate of drug-likeness (QED) is 0.133. The van der Waals surface area contributed by atoms with Gasteiger partial charge in [0.05, 0.1) is 0 Å². The molecule has 280 valence electrons. The van der Waals surface area contributed by atoms with Gasteiger partial charge in [0.2, 0.25) is 0 Å². The molecule has 0 unspecified atom stereocenters. The largest absolute Gasteiger partial charge is 0.480 e. The average Bonchev–Trinajstić information content (AvgIpc) is 4.12. The van der Waals surface area contributed by atoms with Crippen molar-refractivity contribution < 1.29 is 19.5 Å². The second-order valence-corrected chi connectivity index (χ2v) is 16.0. The van der Waals surface area contributed by atoms with Gasteiger partial charge in [0.25, 0.3) is 5.91 Å². The highest BCUT2D eigenvalue weighted by atomic mass is 16.4. The fraction of sp³-hybridized carbons (Fsp3) is 0.444. The third kappa shape index (κ3) is 7.89. The lowest BCUT2D eigenvalue weighted by molar-refractivity contribution is -0.144. The van der Waals surface area contributed by atoms with E-state index in [1.165, 1.54) is 36.8 Å². The molecular formula is C45H51N5O4. The van der Waals surface area contributed by atoms with Crippen LogP contribution in [0.4, 0.5) is 5.69 Å². The predicted octanol–water partition coefficient (Wildman–Crippen LogP) is 8.23. The molecule has 0 spiro atoms. The standard InChI is InChI=1S/C45H51N5O4/c1-28-32(21-43(51)40-22-37(30-14-15-30)34(25-46-40)27-50-20-4-3-13-42(50)45(53)54)9-7-10-35(28)36-11-8-12-39(29(36)2)48-44(52)41-23-38(31-16-17-31)33(24-47-41)26-49-18-5-6-19-49/h7-12,22-25,30-31,42H,3-6,13-21,26-27H2,1-2H3,(H,48,52)(H,53,54)/t42-/m0/s1. The molecule has 2 aliphatic heterocycles. The van der Waals surface area contributed by atoms with Crippen molar-refractivity contribution in [3.8, 4) is 11.1 Å². The van der Waals surface area contributed by atoms with Crippen molar-refractivity contribution in [2.45, 2.75) is 109 Å². The fourth-order valence-corrected chi connectivity index (χ4v) is 8.63. The minimum absolute atomic E-state index is 0.0349. The van der Waals surface area contributed by atoms with E-state index in [-0.39, 0.29) is 18.1 Å². The Hall–Kier alpha value is -4.73. The Kier molecular flexibility index (Phi) is 10.4. The Balaban J connectivity index is 0.982. The van der Waals surface area contributed by atoms with Crippen LogP contribution in [-0.4, -0.2) is 68.2 Å². The summed E-state index contributed by atoms with van der Waals surface area (Å²) in [6.45, 7) is 8.56. The molecule has 8 rings (SSSR count). The number of Topliss-reactive ketones (excluding diaryl/α,β-unsaturated/α-hetero) is 1. The summed E-state index contributed by atoms with van der Waals surface area (Å²) in [4.78, 5) is 53.2. The molecule has 54 heavy (non-hydrogen) atoms. The van der Waals surface area contributed by atoms with Gasteiger partial charge >= 0.3 is 5.97 Å². The number of carbonyl (C=O) groups excluding carboxylic acids is 2. The van der Waals surface area contributed by atoms with Crippen molar-refractivity contribution in [3.05, 3.63) is 111 Å². The lowest BCUT2D eigenvalue weighted by Gasteiger charge is -2.33. The Morgan fingerprint density at radius 1 is 0.722 bits per heavy atom. The number of piperidine rings is 1. The molecule has 2 aromatic heterocycles. The predicted molar refractivity (Wildman–Crippen MR) is 210 cm³/mol. The molecule has 1 amide bonds. The van der Waals surface area contributed by atoms with E-state index in [0.29, 0.717) is 36.2 Å². The Morgan fingerprint density at radius 3 is 2.02 bits per heavy atom. The number of nitrogens with one attached hydrogen (secondary N) is 1. The highest BCUT2D eigenvalue weighted by Crippen LogP contribution is 2.43. The number of benzene rings is 2. The topological polar surface area (TPSA) is 116 Å². The highest BCUT2D eigenvalue weighted by Gasteiger charge is 2.33.